The zero-order valence-electron chi connectivity index (χ0n) is 12.2. The van der Waals surface area contributed by atoms with Crippen molar-refractivity contribution >= 4 is 0 Å². The lowest BCUT2D eigenvalue weighted by molar-refractivity contribution is -0.142. The molecule has 0 amide bonds. The molecule has 0 unspecified atom stereocenters. The van der Waals surface area contributed by atoms with Crippen molar-refractivity contribution in [1.82, 2.24) is 9.78 Å². The van der Waals surface area contributed by atoms with E-state index >= 15 is 0 Å². The highest BCUT2D eigenvalue weighted by Gasteiger charge is 2.36. The van der Waals surface area contributed by atoms with Gasteiger partial charge in [-0.3, -0.25) is 4.68 Å². The van der Waals surface area contributed by atoms with Crippen LogP contribution in [-0.2, 0) is 19.1 Å². The quantitative estimate of drug-likeness (QED) is 0.793. The summed E-state index contributed by atoms with van der Waals surface area (Å²) >= 11 is 0. The van der Waals surface area contributed by atoms with Gasteiger partial charge in [-0.25, -0.2) is 4.39 Å². The molecule has 0 bridgehead atoms. The number of halogens is 4. The van der Waals surface area contributed by atoms with Crippen molar-refractivity contribution in [2.24, 2.45) is 0 Å². The van der Waals surface area contributed by atoms with E-state index < -0.39 is 17.7 Å². The highest BCUT2D eigenvalue weighted by atomic mass is 19.4. The highest BCUT2D eigenvalue weighted by Crippen LogP contribution is 2.31. The van der Waals surface area contributed by atoms with Crippen LogP contribution < -0.4 is 4.74 Å². The number of benzene rings is 1. The van der Waals surface area contributed by atoms with Gasteiger partial charge in [-0.05, 0) is 25.0 Å². The van der Waals surface area contributed by atoms with Crippen LogP contribution in [0.2, 0.25) is 0 Å². The molecule has 0 aliphatic rings. The molecule has 0 fully saturated rings. The number of aromatic nitrogens is 2. The standard InChI is InChI=1S/C15H16F4N2O2/c16-12-5-1-2-6-13(12)23-9-7-21-10-11(4-3-8-22)14(20-21)15(17,18)19/h1-2,5-6,10,22H,3-4,7-9H2. The zero-order valence-corrected chi connectivity index (χ0v) is 12.2. The number of alkyl halides is 3. The predicted molar refractivity (Wildman–Crippen MR) is 74.5 cm³/mol. The van der Waals surface area contributed by atoms with Gasteiger partial charge in [0, 0.05) is 18.4 Å². The van der Waals surface area contributed by atoms with E-state index in [1.165, 1.54) is 24.4 Å². The number of ether oxygens (including phenoxy) is 1. The van der Waals surface area contributed by atoms with Crippen molar-refractivity contribution in [2.45, 2.75) is 25.6 Å². The van der Waals surface area contributed by atoms with Crippen LogP contribution in [0, 0.1) is 5.82 Å². The van der Waals surface area contributed by atoms with Crippen LogP contribution in [-0.4, -0.2) is 28.1 Å². The largest absolute Gasteiger partial charge is 0.489 e. The third-order valence-electron chi connectivity index (χ3n) is 3.12. The molecular formula is C15H16F4N2O2. The van der Waals surface area contributed by atoms with Crippen molar-refractivity contribution < 1.29 is 27.4 Å². The zero-order chi connectivity index (χ0) is 16.9. The van der Waals surface area contributed by atoms with Gasteiger partial charge in [0.15, 0.2) is 17.3 Å². The first-order valence-electron chi connectivity index (χ1n) is 7.03. The van der Waals surface area contributed by atoms with Gasteiger partial charge in [0.05, 0.1) is 6.54 Å². The Morgan fingerprint density at radius 3 is 2.61 bits per heavy atom. The van der Waals surface area contributed by atoms with Crippen molar-refractivity contribution in [3.8, 4) is 5.75 Å². The summed E-state index contributed by atoms with van der Waals surface area (Å²) in [6.07, 6.45) is -2.97. The molecule has 2 aromatic rings. The molecule has 0 atom stereocenters. The molecule has 0 aliphatic carbocycles. The molecule has 1 aromatic carbocycles. The molecule has 126 valence electrons. The number of para-hydroxylation sites is 1. The second-order valence-corrected chi connectivity index (χ2v) is 4.87. The Kier molecular flexibility index (Phi) is 5.59. The predicted octanol–water partition coefficient (Wildman–Crippen LogP) is 3.04. The number of rotatable bonds is 7. The van der Waals surface area contributed by atoms with Gasteiger partial charge in [-0.15, -0.1) is 0 Å². The van der Waals surface area contributed by atoms with Gasteiger partial charge in [0.1, 0.15) is 6.61 Å². The molecule has 0 saturated heterocycles. The third-order valence-corrected chi connectivity index (χ3v) is 3.12. The van der Waals surface area contributed by atoms with Gasteiger partial charge in [0.2, 0.25) is 0 Å². The Labute approximate surface area is 130 Å². The van der Waals surface area contributed by atoms with Gasteiger partial charge in [-0.2, -0.15) is 18.3 Å². The van der Waals surface area contributed by atoms with Gasteiger partial charge in [-0.1, -0.05) is 12.1 Å². The summed E-state index contributed by atoms with van der Waals surface area (Å²) in [5.41, 5.74) is -0.936. The van der Waals surface area contributed by atoms with Crippen molar-refractivity contribution in [3.05, 3.63) is 47.5 Å². The van der Waals surface area contributed by atoms with E-state index in [-0.39, 0.29) is 43.9 Å². The maximum Gasteiger partial charge on any atom is 0.435 e. The minimum absolute atomic E-state index is 0.0145. The third kappa shape index (κ3) is 4.69. The Morgan fingerprint density at radius 1 is 1.22 bits per heavy atom. The van der Waals surface area contributed by atoms with E-state index in [1.54, 1.807) is 6.07 Å². The first-order chi connectivity index (χ1) is 10.9. The molecular weight excluding hydrogens is 316 g/mol. The summed E-state index contributed by atoms with van der Waals surface area (Å²) in [7, 11) is 0. The van der Waals surface area contributed by atoms with E-state index in [0.29, 0.717) is 0 Å². The van der Waals surface area contributed by atoms with Crippen LogP contribution in [0.25, 0.3) is 0 Å². The van der Waals surface area contributed by atoms with E-state index in [4.69, 9.17) is 9.84 Å². The minimum atomic E-state index is -4.55. The molecule has 0 radical (unpaired) electrons. The fraction of sp³-hybridized carbons (Fsp3) is 0.400. The molecule has 23 heavy (non-hydrogen) atoms. The number of hydrogen-bond donors (Lipinski definition) is 1. The van der Waals surface area contributed by atoms with Gasteiger partial charge < -0.3 is 9.84 Å². The maximum atomic E-state index is 13.4. The Bertz CT molecular complexity index is 641. The molecule has 0 saturated carbocycles. The normalized spacial score (nSPS) is 11.7. The van der Waals surface area contributed by atoms with Gasteiger partial charge >= 0.3 is 6.18 Å². The number of nitrogens with zero attached hydrogens (tertiary/aromatic N) is 2. The smallest absolute Gasteiger partial charge is 0.435 e. The monoisotopic (exact) mass is 332 g/mol. The van der Waals surface area contributed by atoms with Crippen LogP contribution in [0.15, 0.2) is 30.5 Å². The molecule has 0 spiro atoms. The lowest BCUT2D eigenvalue weighted by Gasteiger charge is -2.07. The van der Waals surface area contributed by atoms with E-state index in [0.717, 1.165) is 4.68 Å². The highest BCUT2D eigenvalue weighted by molar-refractivity contribution is 5.23. The second kappa shape index (κ2) is 7.45. The van der Waals surface area contributed by atoms with E-state index in [1.807, 2.05) is 0 Å². The Morgan fingerprint density at radius 2 is 1.96 bits per heavy atom. The number of aryl methyl sites for hydroxylation is 1. The number of aliphatic hydroxyl groups is 1. The van der Waals surface area contributed by atoms with Gasteiger partial charge in [0.25, 0.3) is 0 Å². The van der Waals surface area contributed by atoms with Crippen molar-refractivity contribution in [2.75, 3.05) is 13.2 Å². The fourth-order valence-electron chi connectivity index (χ4n) is 2.08. The van der Waals surface area contributed by atoms with E-state index in [9.17, 15) is 17.6 Å². The number of hydrogen-bond acceptors (Lipinski definition) is 3. The van der Waals surface area contributed by atoms with E-state index in [2.05, 4.69) is 5.10 Å². The van der Waals surface area contributed by atoms with Crippen molar-refractivity contribution in [1.29, 1.82) is 0 Å². The molecule has 4 nitrogen and oxygen atoms in total. The number of aliphatic hydroxyl groups excluding tert-OH is 1. The summed E-state index contributed by atoms with van der Waals surface area (Å²) in [6.45, 7) is -0.158. The molecule has 8 heteroatoms. The first-order valence-corrected chi connectivity index (χ1v) is 7.03. The molecule has 0 aliphatic heterocycles. The topological polar surface area (TPSA) is 47.3 Å². The SMILES string of the molecule is OCCCc1cn(CCOc2ccccc2F)nc1C(F)(F)F. The Hall–Kier alpha value is -2.09. The Balaban J connectivity index is 2.02. The summed E-state index contributed by atoms with van der Waals surface area (Å²) < 4.78 is 58.4. The summed E-state index contributed by atoms with van der Waals surface area (Å²) in [6, 6.07) is 5.78. The minimum Gasteiger partial charge on any atom is -0.489 e. The maximum absolute atomic E-state index is 13.4. The molecule has 1 heterocycles. The summed E-state index contributed by atoms with van der Waals surface area (Å²) in [5.74, 6) is -0.496. The van der Waals surface area contributed by atoms with Crippen LogP contribution in [0.3, 0.4) is 0 Å². The lowest BCUT2D eigenvalue weighted by Crippen LogP contribution is -2.12. The average molecular weight is 332 g/mol. The van der Waals surface area contributed by atoms with Crippen LogP contribution >= 0.6 is 0 Å². The molecule has 1 N–H and O–H groups in total. The van der Waals surface area contributed by atoms with Crippen molar-refractivity contribution in [3.63, 3.8) is 0 Å². The summed E-state index contributed by atoms with van der Waals surface area (Å²) in [5, 5.41) is 12.3. The second-order valence-electron chi connectivity index (χ2n) is 4.87. The molecule has 2 rings (SSSR count). The summed E-state index contributed by atoms with van der Waals surface area (Å²) in [4.78, 5) is 0. The average Bonchev–Trinajstić information content (AvgIpc) is 2.90. The van der Waals surface area contributed by atoms with Crippen LogP contribution in [0.4, 0.5) is 17.6 Å². The lowest BCUT2D eigenvalue weighted by atomic mass is 10.1. The fourth-order valence-corrected chi connectivity index (χ4v) is 2.08. The first kappa shape index (κ1) is 17.3. The van der Waals surface area contributed by atoms with Crippen LogP contribution in [0.1, 0.15) is 17.7 Å². The van der Waals surface area contributed by atoms with Crippen LogP contribution in [0.5, 0.6) is 5.75 Å². The molecule has 1 aromatic heterocycles.